The zero-order valence-corrected chi connectivity index (χ0v) is 11.5. The molecule has 0 amide bonds. The van der Waals surface area contributed by atoms with Gasteiger partial charge < -0.3 is 5.32 Å². The third-order valence-corrected chi connectivity index (χ3v) is 3.49. The molecule has 0 atom stereocenters. The normalized spacial score (nSPS) is 10.3. The zero-order valence-electron chi connectivity index (χ0n) is 9.93. The van der Waals surface area contributed by atoms with Gasteiger partial charge in [-0.1, -0.05) is 18.5 Å². The van der Waals surface area contributed by atoms with Crippen LogP contribution in [0.25, 0.3) is 0 Å². The Morgan fingerprint density at radius 2 is 2.22 bits per heavy atom. The second-order valence-corrected chi connectivity index (χ2v) is 4.98. The summed E-state index contributed by atoms with van der Waals surface area (Å²) in [5.74, 6) is 0.821. The highest BCUT2D eigenvalue weighted by atomic mass is 35.5. The van der Waals surface area contributed by atoms with Crippen molar-refractivity contribution in [3.63, 3.8) is 0 Å². The van der Waals surface area contributed by atoms with Crippen molar-refractivity contribution in [2.75, 3.05) is 11.9 Å². The molecule has 2 heterocycles. The maximum Gasteiger partial charge on any atom is 0.130 e. The van der Waals surface area contributed by atoms with Crippen molar-refractivity contribution < 1.29 is 0 Å². The number of hydrogen-bond donors (Lipinski definition) is 1. The lowest BCUT2D eigenvalue weighted by atomic mass is 10.4. The van der Waals surface area contributed by atoms with E-state index in [1.54, 1.807) is 12.3 Å². The minimum absolute atomic E-state index is 0.629. The molecule has 0 bridgehead atoms. The molecule has 4 nitrogen and oxygen atoms in total. The molecule has 6 heteroatoms. The van der Waals surface area contributed by atoms with Crippen molar-refractivity contribution in [1.82, 2.24) is 15.0 Å². The predicted molar refractivity (Wildman–Crippen MR) is 74.2 cm³/mol. The van der Waals surface area contributed by atoms with Gasteiger partial charge in [-0.25, -0.2) is 15.0 Å². The number of nitrogens with one attached hydrogen (secondary N) is 1. The lowest BCUT2D eigenvalue weighted by molar-refractivity contribution is 0.952. The van der Waals surface area contributed by atoms with E-state index in [4.69, 9.17) is 11.6 Å². The van der Waals surface area contributed by atoms with E-state index in [9.17, 15) is 0 Å². The number of anilines is 1. The van der Waals surface area contributed by atoms with Gasteiger partial charge in [0.2, 0.25) is 0 Å². The van der Waals surface area contributed by atoms with Gasteiger partial charge in [-0.2, -0.15) is 0 Å². The summed E-state index contributed by atoms with van der Waals surface area (Å²) in [7, 11) is 0. The Labute approximate surface area is 115 Å². The van der Waals surface area contributed by atoms with Crippen LogP contribution in [0.1, 0.15) is 13.3 Å². The summed E-state index contributed by atoms with van der Waals surface area (Å²) in [6.07, 6.45) is 4.31. The average Bonchev–Trinajstić information content (AvgIpc) is 2.40. The number of nitrogens with zero attached hydrogens (tertiary/aromatic N) is 3. The second kappa shape index (κ2) is 6.56. The van der Waals surface area contributed by atoms with E-state index in [0.29, 0.717) is 5.02 Å². The average molecular weight is 281 g/mol. The first-order valence-electron chi connectivity index (χ1n) is 5.64. The molecule has 94 valence electrons. The van der Waals surface area contributed by atoms with E-state index in [1.807, 2.05) is 12.1 Å². The number of hydrogen-bond acceptors (Lipinski definition) is 5. The molecule has 0 aliphatic rings. The first kappa shape index (κ1) is 13.1. The van der Waals surface area contributed by atoms with E-state index in [-0.39, 0.29) is 0 Å². The maximum absolute atomic E-state index is 6.06. The van der Waals surface area contributed by atoms with Gasteiger partial charge in [-0.15, -0.1) is 0 Å². The lowest BCUT2D eigenvalue weighted by Crippen LogP contribution is -2.02. The van der Waals surface area contributed by atoms with Gasteiger partial charge in [0.1, 0.15) is 22.2 Å². The van der Waals surface area contributed by atoms with Gasteiger partial charge >= 0.3 is 0 Å². The Morgan fingerprint density at radius 3 is 3.00 bits per heavy atom. The van der Waals surface area contributed by atoms with Crippen LogP contribution in [-0.2, 0) is 0 Å². The monoisotopic (exact) mass is 280 g/mol. The van der Waals surface area contributed by atoms with Gasteiger partial charge in [0.15, 0.2) is 0 Å². The number of pyridine rings is 1. The van der Waals surface area contributed by atoms with E-state index < -0.39 is 0 Å². The fraction of sp³-hybridized carbons (Fsp3) is 0.250. The maximum atomic E-state index is 6.06. The van der Waals surface area contributed by atoms with Crippen molar-refractivity contribution in [3.8, 4) is 0 Å². The quantitative estimate of drug-likeness (QED) is 0.850. The summed E-state index contributed by atoms with van der Waals surface area (Å²) in [6.45, 7) is 3.00. The SMILES string of the molecule is CCCNc1cc(Sc2ncccc2Cl)ncn1. The van der Waals surface area contributed by atoms with Crippen LogP contribution >= 0.6 is 23.4 Å². The fourth-order valence-electron chi connectivity index (χ4n) is 1.29. The summed E-state index contributed by atoms with van der Waals surface area (Å²) in [5.41, 5.74) is 0. The van der Waals surface area contributed by atoms with E-state index in [0.717, 1.165) is 28.8 Å². The fourth-order valence-corrected chi connectivity index (χ4v) is 2.28. The Kier molecular flexibility index (Phi) is 4.78. The van der Waals surface area contributed by atoms with Gasteiger partial charge in [0, 0.05) is 18.8 Å². The summed E-state index contributed by atoms with van der Waals surface area (Å²) < 4.78 is 0. The molecule has 2 aromatic heterocycles. The molecular formula is C12H13ClN4S. The van der Waals surface area contributed by atoms with Gasteiger partial charge in [-0.05, 0) is 30.3 Å². The minimum Gasteiger partial charge on any atom is -0.370 e. The third kappa shape index (κ3) is 3.58. The van der Waals surface area contributed by atoms with Crippen molar-refractivity contribution in [3.05, 3.63) is 35.7 Å². The van der Waals surface area contributed by atoms with Crippen molar-refractivity contribution in [2.45, 2.75) is 23.4 Å². The number of aromatic nitrogens is 3. The van der Waals surface area contributed by atoms with Crippen LogP contribution in [0.4, 0.5) is 5.82 Å². The van der Waals surface area contributed by atoms with Gasteiger partial charge in [0.25, 0.3) is 0 Å². The molecule has 2 rings (SSSR count). The molecule has 0 unspecified atom stereocenters. The molecule has 0 saturated carbocycles. The van der Waals surface area contributed by atoms with E-state index in [1.165, 1.54) is 18.1 Å². The Morgan fingerprint density at radius 1 is 1.33 bits per heavy atom. The number of halogens is 1. The van der Waals surface area contributed by atoms with Crippen molar-refractivity contribution in [1.29, 1.82) is 0 Å². The molecule has 18 heavy (non-hydrogen) atoms. The smallest absolute Gasteiger partial charge is 0.130 e. The van der Waals surface area contributed by atoms with Crippen LogP contribution in [0.5, 0.6) is 0 Å². The highest BCUT2D eigenvalue weighted by Crippen LogP contribution is 2.30. The zero-order chi connectivity index (χ0) is 12.8. The molecule has 1 N–H and O–H groups in total. The molecule has 0 aliphatic heterocycles. The molecule has 0 aromatic carbocycles. The lowest BCUT2D eigenvalue weighted by Gasteiger charge is -2.05. The van der Waals surface area contributed by atoms with Crippen LogP contribution in [0.3, 0.4) is 0 Å². The highest BCUT2D eigenvalue weighted by molar-refractivity contribution is 7.99. The van der Waals surface area contributed by atoms with Crippen LogP contribution in [0.15, 0.2) is 40.8 Å². The largest absolute Gasteiger partial charge is 0.370 e. The minimum atomic E-state index is 0.629. The van der Waals surface area contributed by atoms with E-state index in [2.05, 4.69) is 27.2 Å². The van der Waals surface area contributed by atoms with Crippen molar-refractivity contribution in [2.24, 2.45) is 0 Å². The molecular weight excluding hydrogens is 268 g/mol. The van der Waals surface area contributed by atoms with Crippen LogP contribution in [0, 0.1) is 0 Å². The van der Waals surface area contributed by atoms with Crippen LogP contribution in [0.2, 0.25) is 5.02 Å². The third-order valence-electron chi connectivity index (χ3n) is 2.12. The summed E-state index contributed by atoms with van der Waals surface area (Å²) >= 11 is 7.48. The summed E-state index contributed by atoms with van der Waals surface area (Å²) in [4.78, 5) is 12.6. The molecule has 0 fully saturated rings. The second-order valence-electron chi connectivity index (χ2n) is 3.56. The van der Waals surface area contributed by atoms with Crippen LogP contribution in [-0.4, -0.2) is 21.5 Å². The topological polar surface area (TPSA) is 50.7 Å². The first-order valence-corrected chi connectivity index (χ1v) is 6.83. The molecule has 0 radical (unpaired) electrons. The highest BCUT2D eigenvalue weighted by Gasteiger charge is 2.05. The summed E-state index contributed by atoms with van der Waals surface area (Å²) in [5, 5.41) is 5.42. The summed E-state index contributed by atoms with van der Waals surface area (Å²) in [6, 6.07) is 5.51. The molecule has 0 spiro atoms. The molecule has 0 saturated heterocycles. The van der Waals surface area contributed by atoms with Gasteiger partial charge in [-0.3, -0.25) is 0 Å². The molecule has 2 aromatic rings. The van der Waals surface area contributed by atoms with Crippen LogP contribution < -0.4 is 5.32 Å². The Hall–Kier alpha value is -1.33. The Balaban J connectivity index is 2.12. The first-order chi connectivity index (χ1) is 8.79. The Bertz CT molecular complexity index is 521. The van der Waals surface area contributed by atoms with Gasteiger partial charge in [0.05, 0.1) is 5.02 Å². The predicted octanol–water partition coefficient (Wildman–Crippen LogP) is 3.50. The number of rotatable bonds is 5. The molecule has 0 aliphatic carbocycles. The standard InChI is InChI=1S/C12H13ClN4S/c1-2-5-14-10-7-11(17-8-16-10)18-12-9(13)4-3-6-15-12/h3-4,6-8H,2,5H2,1H3,(H,14,16,17). The van der Waals surface area contributed by atoms with Crippen molar-refractivity contribution >= 4 is 29.2 Å². The van der Waals surface area contributed by atoms with E-state index >= 15 is 0 Å².